The summed E-state index contributed by atoms with van der Waals surface area (Å²) in [6.07, 6.45) is 2.31. The summed E-state index contributed by atoms with van der Waals surface area (Å²) in [5.41, 5.74) is 7.11. The average Bonchev–Trinajstić information content (AvgIpc) is 2.38. The van der Waals surface area contributed by atoms with E-state index in [2.05, 4.69) is 44.6 Å². The molecule has 4 heteroatoms. The van der Waals surface area contributed by atoms with Gasteiger partial charge in [0.15, 0.2) is 0 Å². The lowest BCUT2D eigenvalue weighted by molar-refractivity contribution is 0.124. The first kappa shape index (κ1) is 16.1. The third-order valence-electron chi connectivity index (χ3n) is 4.17. The van der Waals surface area contributed by atoms with E-state index in [-0.39, 0.29) is 23.3 Å². The molecular weight excluding hydrogens is 241 g/mol. The van der Waals surface area contributed by atoms with Gasteiger partial charge in [0.2, 0.25) is 0 Å². The molecule has 0 amide bonds. The minimum atomic E-state index is -0.326. The summed E-state index contributed by atoms with van der Waals surface area (Å²) in [6, 6.07) is 2.91. The van der Waals surface area contributed by atoms with Crippen molar-refractivity contribution < 1.29 is 4.39 Å². The maximum atomic E-state index is 12.9. The molecule has 1 heterocycles. The highest BCUT2D eigenvalue weighted by atomic mass is 19.1. The van der Waals surface area contributed by atoms with Crippen molar-refractivity contribution in [3.8, 4) is 0 Å². The maximum absolute atomic E-state index is 12.9. The molecule has 108 valence electrons. The third-order valence-corrected chi connectivity index (χ3v) is 4.17. The number of hydrogen-bond acceptors (Lipinski definition) is 3. The second-order valence-electron chi connectivity index (χ2n) is 5.95. The van der Waals surface area contributed by atoms with Crippen molar-refractivity contribution in [1.82, 2.24) is 9.88 Å². The van der Waals surface area contributed by atoms with E-state index in [1.54, 1.807) is 6.07 Å². The van der Waals surface area contributed by atoms with Crippen LogP contribution in [0.2, 0.25) is 0 Å². The van der Waals surface area contributed by atoms with Gasteiger partial charge in [0.1, 0.15) is 5.82 Å². The molecule has 0 aliphatic carbocycles. The number of aromatic nitrogens is 1. The van der Waals surface area contributed by atoms with Crippen LogP contribution in [0.25, 0.3) is 0 Å². The first-order valence-electron chi connectivity index (χ1n) is 6.86. The Morgan fingerprint density at radius 3 is 2.53 bits per heavy atom. The molecule has 0 fully saturated rings. The molecule has 0 saturated heterocycles. The van der Waals surface area contributed by atoms with Crippen LogP contribution in [0.3, 0.4) is 0 Å². The van der Waals surface area contributed by atoms with E-state index in [9.17, 15) is 4.39 Å². The van der Waals surface area contributed by atoms with Crippen molar-refractivity contribution >= 4 is 0 Å². The zero-order valence-corrected chi connectivity index (χ0v) is 12.7. The summed E-state index contributed by atoms with van der Waals surface area (Å²) in [7, 11) is 2.12. The summed E-state index contributed by atoms with van der Waals surface area (Å²) in [5, 5.41) is 0. The molecule has 2 unspecified atom stereocenters. The lowest BCUT2D eigenvalue weighted by Gasteiger charge is -2.37. The van der Waals surface area contributed by atoms with Crippen LogP contribution < -0.4 is 5.73 Å². The van der Waals surface area contributed by atoms with Crippen LogP contribution in [-0.2, 0) is 0 Å². The molecule has 19 heavy (non-hydrogen) atoms. The fourth-order valence-corrected chi connectivity index (χ4v) is 1.94. The first-order chi connectivity index (χ1) is 8.77. The molecule has 0 aliphatic rings. The predicted octanol–water partition coefficient (Wildman–Crippen LogP) is 2.98. The van der Waals surface area contributed by atoms with Crippen molar-refractivity contribution in [3.05, 3.63) is 29.8 Å². The van der Waals surface area contributed by atoms with Crippen LogP contribution in [0.15, 0.2) is 18.3 Å². The van der Waals surface area contributed by atoms with Crippen molar-refractivity contribution in [2.45, 2.75) is 45.7 Å². The fourth-order valence-electron chi connectivity index (χ4n) is 1.94. The second kappa shape index (κ2) is 6.44. The van der Waals surface area contributed by atoms with E-state index < -0.39 is 0 Å². The van der Waals surface area contributed by atoms with Gasteiger partial charge in [0, 0.05) is 12.1 Å². The zero-order valence-electron chi connectivity index (χ0n) is 12.7. The first-order valence-corrected chi connectivity index (χ1v) is 6.86. The lowest BCUT2D eigenvalue weighted by atomic mass is 9.94. The van der Waals surface area contributed by atoms with E-state index in [1.807, 2.05) is 0 Å². The molecule has 2 atom stereocenters. The third kappa shape index (κ3) is 4.25. The minimum Gasteiger partial charge on any atom is -0.322 e. The highest BCUT2D eigenvalue weighted by Gasteiger charge is 2.25. The molecule has 0 aromatic carbocycles. The number of nitrogens with zero attached hydrogens (tertiary/aromatic N) is 2. The zero-order chi connectivity index (χ0) is 14.6. The van der Waals surface area contributed by atoms with Gasteiger partial charge in [-0.3, -0.25) is 4.98 Å². The SMILES string of the molecule is CCC(C)(C)N(C)CC(C)C(N)c1ccc(F)cn1. The molecule has 1 rings (SSSR count). The second-order valence-corrected chi connectivity index (χ2v) is 5.95. The van der Waals surface area contributed by atoms with Crippen molar-refractivity contribution in [1.29, 1.82) is 0 Å². The molecule has 0 spiro atoms. The predicted molar refractivity (Wildman–Crippen MR) is 77.3 cm³/mol. The summed E-state index contributed by atoms with van der Waals surface area (Å²) in [4.78, 5) is 6.39. The normalized spacial score (nSPS) is 15.6. The molecule has 2 N–H and O–H groups in total. The van der Waals surface area contributed by atoms with Gasteiger partial charge in [-0.15, -0.1) is 0 Å². The van der Waals surface area contributed by atoms with Crippen molar-refractivity contribution in [2.75, 3.05) is 13.6 Å². The quantitative estimate of drug-likeness (QED) is 0.861. The van der Waals surface area contributed by atoms with Crippen LogP contribution >= 0.6 is 0 Å². The Kier molecular flexibility index (Phi) is 5.44. The summed E-state index contributed by atoms with van der Waals surface area (Å²) < 4.78 is 12.9. The Hall–Kier alpha value is -1.00. The van der Waals surface area contributed by atoms with Gasteiger partial charge in [-0.25, -0.2) is 4.39 Å². The van der Waals surface area contributed by atoms with E-state index in [1.165, 1.54) is 12.3 Å². The molecule has 1 aromatic heterocycles. The molecule has 0 aliphatic heterocycles. The number of pyridine rings is 1. The van der Waals surface area contributed by atoms with E-state index in [0.717, 1.165) is 18.7 Å². The summed E-state index contributed by atoms with van der Waals surface area (Å²) in [5.74, 6) is -0.0679. The molecule has 0 bridgehead atoms. The average molecular weight is 267 g/mol. The van der Waals surface area contributed by atoms with Gasteiger partial charge in [0.25, 0.3) is 0 Å². The Labute approximate surface area is 116 Å². The number of nitrogens with two attached hydrogens (primary N) is 1. The fraction of sp³-hybridized carbons (Fsp3) is 0.667. The van der Waals surface area contributed by atoms with Gasteiger partial charge >= 0.3 is 0 Å². The smallest absolute Gasteiger partial charge is 0.141 e. The summed E-state index contributed by atoms with van der Waals surface area (Å²) in [6.45, 7) is 9.63. The Morgan fingerprint density at radius 2 is 2.05 bits per heavy atom. The Bertz CT molecular complexity index is 389. The van der Waals surface area contributed by atoms with E-state index >= 15 is 0 Å². The van der Waals surface area contributed by atoms with Gasteiger partial charge in [0.05, 0.1) is 17.9 Å². The molecular formula is C15H26FN3. The number of rotatable bonds is 6. The van der Waals surface area contributed by atoms with Gasteiger partial charge in [-0.1, -0.05) is 13.8 Å². The van der Waals surface area contributed by atoms with Crippen LogP contribution in [-0.4, -0.2) is 29.0 Å². The van der Waals surface area contributed by atoms with Crippen LogP contribution in [0, 0.1) is 11.7 Å². The van der Waals surface area contributed by atoms with Crippen molar-refractivity contribution in [2.24, 2.45) is 11.7 Å². The number of halogens is 1. The Balaban J connectivity index is 2.67. The maximum Gasteiger partial charge on any atom is 0.141 e. The Morgan fingerprint density at radius 1 is 1.42 bits per heavy atom. The van der Waals surface area contributed by atoms with Crippen LogP contribution in [0.1, 0.15) is 45.9 Å². The highest BCUT2D eigenvalue weighted by molar-refractivity contribution is 5.10. The van der Waals surface area contributed by atoms with Gasteiger partial charge in [-0.05, 0) is 45.4 Å². The monoisotopic (exact) mass is 267 g/mol. The van der Waals surface area contributed by atoms with Crippen LogP contribution in [0.5, 0.6) is 0 Å². The van der Waals surface area contributed by atoms with E-state index in [0.29, 0.717) is 0 Å². The van der Waals surface area contributed by atoms with E-state index in [4.69, 9.17) is 5.73 Å². The molecule has 1 aromatic rings. The summed E-state index contributed by atoms with van der Waals surface area (Å²) >= 11 is 0. The lowest BCUT2D eigenvalue weighted by Crippen LogP contribution is -2.44. The standard InChI is InChI=1S/C15H26FN3/c1-6-15(3,4)19(5)10-11(2)14(17)13-8-7-12(16)9-18-13/h7-9,11,14H,6,10,17H2,1-5H3. The van der Waals surface area contributed by atoms with Crippen molar-refractivity contribution in [3.63, 3.8) is 0 Å². The van der Waals surface area contributed by atoms with Gasteiger partial charge < -0.3 is 10.6 Å². The molecule has 0 saturated carbocycles. The largest absolute Gasteiger partial charge is 0.322 e. The highest BCUT2D eigenvalue weighted by Crippen LogP contribution is 2.23. The molecule has 3 nitrogen and oxygen atoms in total. The minimum absolute atomic E-state index is 0.157. The van der Waals surface area contributed by atoms with Crippen LogP contribution in [0.4, 0.5) is 4.39 Å². The van der Waals surface area contributed by atoms with Gasteiger partial charge in [-0.2, -0.15) is 0 Å². The number of hydrogen-bond donors (Lipinski definition) is 1. The molecule has 0 radical (unpaired) electrons. The topological polar surface area (TPSA) is 42.1 Å².